The molecular weight excluding hydrogens is 709 g/mol. The van der Waals surface area contributed by atoms with Gasteiger partial charge in [0.2, 0.25) is 11.8 Å². The minimum Gasteiger partial charge on any atom is -0.467 e. The van der Waals surface area contributed by atoms with Gasteiger partial charge in [-0.15, -0.1) is 0 Å². The molecule has 2 saturated heterocycles. The van der Waals surface area contributed by atoms with Gasteiger partial charge in [0.15, 0.2) is 0 Å². The molecule has 0 bridgehead atoms. The van der Waals surface area contributed by atoms with Gasteiger partial charge in [-0.05, 0) is 75.8 Å². The molecule has 2 fully saturated rings. The van der Waals surface area contributed by atoms with Crippen molar-refractivity contribution in [2.45, 2.75) is 114 Å². The second kappa shape index (κ2) is 17.2. The van der Waals surface area contributed by atoms with Crippen LogP contribution in [0.15, 0.2) is 48.5 Å². The lowest BCUT2D eigenvalue weighted by Gasteiger charge is -2.41. The average Bonchev–Trinajstić information content (AvgIpc) is 3.82. The first-order valence-corrected chi connectivity index (χ1v) is 20.0. The van der Waals surface area contributed by atoms with E-state index >= 15 is 0 Å². The summed E-state index contributed by atoms with van der Waals surface area (Å²) in [4.78, 5) is 68.6. The van der Waals surface area contributed by atoms with Crippen molar-refractivity contribution in [1.29, 1.82) is 0 Å². The largest absolute Gasteiger partial charge is 0.467 e. The monoisotopic (exact) mass is 760 g/mol. The smallest absolute Gasteiger partial charge is 0.411 e. The van der Waals surface area contributed by atoms with Crippen LogP contribution in [0.25, 0.3) is 10.9 Å². The molecule has 2 aromatic carbocycles. The number of carbonyl (C=O) groups is 5. The third kappa shape index (κ3) is 9.31. The number of esters is 1. The number of anilines is 1. The lowest BCUT2D eigenvalue weighted by atomic mass is 9.88. The topological polar surface area (TPSA) is 171 Å². The number of aromatic amines is 1. The van der Waals surface area contributed by atoms with E-state index < -0.39 is 29.7 Å². The van der Waals surface area contributed by atoms with Crippen molar-refractivity contribution < 1.29 is 33.4 Å². The molecule has 6 rings (SSSR count). The Labute approximate surface area is 320 Å². The van der Waals surface area contributed by atoms with Crippen LogP contribution < -0.4 is 21.3 Å². The summed E-state index contributed by atoms with van der Waals surface area (Å²) in [6.45, 7) is 5.94. The van der Waals surface area contributed by atoms with Gasteiger partial charge in [-0.3, -0.25) is 14.5 Å². The van der Waals surface area contributed by atoms with Gasteiger partial charge in [0.05, 0.1) is 19.2 Å². The Morgan fingerprint density at radius 1 is 0.926 bits per heavy atom. The van der Waals surface area contributed by atoms with E-state index in [2.05, 4.69) is 26.3 Å². The summed E-state index contributed by atoms with van der Waals surface area (Å²) in [6, 6.07) is 13.9. The molecule has 0 radical (unpaired) electrons. The Hall–Kier alpha value is -4.72. The van der Waals surface area contributed by atoms with Crippen molar-refractivity contribution >= 4 is 58.3 Å². The first-order valence-electron chi connectivity index (χ1n) is 19.0. The number of hydrogen-bond acceptors (Lipinski definition) is 8. The molecule has 13 nitrogen and oxygen atoms in total. The molecule has 5 unspecified atom stereocenters. The minimum absolute atomic E-state index is 0.0491. The lowest BCUT2D eigenvalue weighted by molar-refractivity contribution is -0.148. The molecule has 0 saturated carbocycles. The van der Waals surface area contributed by atoms with E-state index in [1.165, 1.54) is 12.0 Å². The molecule has 0 aliphatic carbocycles. The summed E-state index contributed by atoms with van der Waals surface area (Å²) >= 11 is 1.89. The second-order valence-electron chi connectivity index (χ2n) is 15.3. The highest BCUT2D eigenvalue weighted by Crippen LogP contribution is 2.42. The maximum absolute atomic E-state index is 13.8. The number of H-pyrrole nitrogens is 1. The van der Waals surface area contributed by atoms with Crippen LogP contribution in [0, 0.1) is 0 Å². The average molecular weight is 761 g/mol. The molecule has 5 amide bonds. The third-order valence-electron chi connectivity index (χ3n) is 10.2. The minimum atomic E-state index is -0.912. The summed E-state index contributed by atoms with van der Waals surface area (Å²) < 4.78 is 11.0. The number of methoxy groups -OCH3 is 1. The van der Waals surface area contributed by atoms with Crippen molar-refractivity contribution in [3.63, 3.8) is 0 Å². The third-order valence-corrected chi connectivity index (χ3v) is 11.7. The van der Waals surface area contributed by atoms with Crippen molar-refractivity contribution in [2.24, 2.45) is 0 Å². The van der Waals surface area contributed by atoms with E-state index in [1.807, 2.05) is 48.2 Å². The van der Waals surface area contributed by atoms with Crippen LogP contribution in [-0.4, -0.2) is 88.2 Å². The van der Waals surface area contributed by atoms with Gasteiger partial charge < -0.3 is 35.7 Å². The highest BCUT2D eigenvalue weighted by Gasteiger charge is 2.46. The number of para-hydroxylation sites is 1. The molecule has 3 aliphatic heterocycles. The normalized spacial score (nSPS) is 21.8. The van der Waals surface area contributed by atoms with Gasteiger partial charge in [0.1, 0.15) is 17.7 Å². The number of rotatable bonds is 14. The van der Waals surface area contributed by atoms with E-state index in [1.54, 1.807) is 32.9 Å². The molecular formula is C40H52N6O7S. The first kappa shape index (κ1) is 39.0. The Kier molecular flexibility index (Phi) is 12.4. The molecule has 4 heterocycles. The number of nitrogens with one attached hydrogen (secondary N) is 5. The molecule has 0 spiro atoms. The van der Waals surface area contributed by atoms with Crippen LogP contribution in [0.5, 0.6) is 0 Å². The Balaban J connectivity index is 0.978. The number of carbonyl (C=O) groups excluding carboxylic acids is 5. The zero-order valence-electron chi connectivity index (χ0n) is 31.5. The SMILES string of the molecule is COC(=O)C1Cc2c([nH]c3ccccc23)C(c2ccc(NC(=O)CCCCCNC(=O)CCCCC3SCC4NC(=O)NC43)cc2)N1C(=O)OC(C)(C)C. The van der Waals surface area contributed by atoms with Gasteiger partial charge in [-0.2, -0.15) is 11.8 Å². The van der Waals surface area contributed by atoms with Crippen molar-refractivity contribution in [3.8, 4) is 0 Å². The van der Waals surface area contributed by atoms with Crippen LogP contribution >= 0.6 is 11.8 Å². The first-order chi connectivity index (χ1) is 25.9. The molecule has 54 heavy (non-hydrogen) atoms. The quantitative estimate of drug-likeness (QED) is 0.0765. The highest BCUT2D eigenvalue weighted by molar-refractivity contribution is 8.00. The van der Waals surface area contributed by atoms with E-state index in [0.717, 1.165) is 65.6 Å². The fourth-order valence-corrected chi connectivity index (χ4v) is 9.19. The fraction of sp³-hybridized carbons (Fsp3) is 0.525. The van der Waals surface area contributed by atoms with Crippen LogP contribution in [0.1, 0.15) is 95.0 Å². The van der Waals surface area contributed by atoms with Crippen molar-refractivity contribution in [2.75, 3.05) is 24.7 Å². The summed E-state index contributed by atoms with van der Waals surface area (Å²) in [5.41, 5.74) is 3.20. The van der Waals surface area contributed by atoms with E-state index in [4.69, 9.17) is 9.47 Å². The van der Waals surface area contributed by atoms with Crippen LogP contribution in [0.4, 0.5) is 15.3 Å². The van der Waals surface area contributed by atoms with Crippen LogP contribution in [0.2, 0.25) is 0 Å². The maximum atomic E-state index is 13.8. The predicted octanol–water partition coefficient (Wildman–Crippen LogP) is 5.93. The number of nitrogens with zero attached hydrogens (tertiary/aromatic N) is 1. The number of hydrogen-bond donors (Lipinski definition) is 5. The molecule has 5 N–H and O–H groups in total. The van der Waals surface area contributed by atoms with Crippen molar-refractivity contribution in [3.05, 3.63) is 65.4 Å². The van der Waals surface area contributed by atoms with Crippen LogP contribution in [-0.2, 0) is 30.3 Å². The predicted molar refractivity (Wildman–Crippen MR) is 208 cm³/mol. The standard InChI is InChI=1S/C40H52N6O7S/c1-40(2,3)53-39(51)46-30(37(49)52-4)22-27-26-12-7-8-13-28(26)43-34(27)36(46)24-17-19-25(20-18-24)42-33(48)16-6-5-11-21-41-32(47)15-10-9-14-31-35-29(23-54-31)44-38(50)45-35/h7-8,12-13,17-20,29-31,35-36,43H,5-6,9-11,14-16,21-23H2,1-4H3,(H,41,47)(H,42,48)(H2,44,45,50). The van der Waals surface area contributed by atoms with Gasteiger partial charge in [0.25, 0.3) is 0 Å². The van der Waals surface area contributed by atoms with E-state index in [-0.39, 0.29) is 36.3 Å². The van der Waals surface area contributed by atoms with E-state index in [9.17, 15) is 24.0 Å². The number of benzene rings is 2. The van der Waals surface area contributed by atoms with Gasteiger partial charge in [0, 0.05) is 59.1 Å². The van der Waals surface area contributed by atoms with E-state index in [0.29, 0.717) is 36.7 Å². The fourth-order valence-electron chi connectivity index (χ4n) is 7.64. The molecule has 1 aromatic heterocycles. The number of fused-ring (bicyclic) bond motifs is 4. The summed E-state index contributed by atoms with van der Waals surface area (Å²) in [7, 11) is 1.32. The highest BCUT2D eigenvalue weighted by atomic mass is 32.2. The summed E-state index contributed by atoms with van der Waals surface area (Å²) in [5, 5.41) is 13.3. The zero-order valence-corrected chi connectivity index (χ0v) is 32.3. The molecule has 3 aromatic rings. The number of unbranched alkanes of at least 4 members (excludes halogenated alkanes) is 3. The maximum Gasteiger partial charge on any atom is 0.411 e. The number of thioether (sulfide) groups is 1. The molecule has 14 heteroatoms. The Morgan fingerprint density at radius 2 is 1.67 bits per heavy atom. The summed E-state index contributed by atoms with van der Waals surface area (Å²) in [6.07, 6.45) is 5.54. The number of urea groups is 1. The molecule has 5 atom stereocenters. The van der Waals surface area contributed by atoms with Crippen molar-refractivity contribution in [1.82, 2.24) is 25.8 Å². The second-order valence-corrected chi connectivity index (χ2v) is 16.6. The zero-order chi connectivity index (χ0) is 38.4. The van der Waals surface area contributed by atoms with Crippen LogP contribution in [0.3, 0.4) is 0 Å². The van der Waals surface area contributed by atoms with Gasteiger partial charge in [-0.25, -0.2) is 14.4 Å². The Morgan fingerprint density at radius 3 is 2.43 bits per heavy atom. The molecule has 3 aliphatic rings. The van der Waals surface area contributed by atoms with Gasteiger partial charge in [-0.1, -0.05) is 43.2 Å². The Bertz CT molecular complexity index is 1840. The van der Waals surface area contributed by atoms with Gasteiger partial charge >= 0.3 is 18.1 Å². The summed E-state index contributed by atoms with van der Waals surface area (Å²) in [5.74, 6) is 0.350. The molecule has 290 valence electrons. The number of aromatic nitrogens is 1. The number of ether oxygens (including phenoxy) is 2. The number of amides is 5. The lowest BCUT2D eigenvalue weighted by Crippen LogP contribution is -2.53.